The van der Waals surface area contributed by atoms with Crippen molar-refractivity contribution in [1.82, 2.24) is 9.97 Å². The maximum Gasteiger partial charge on any atom is 0.254 e. The van der Waals surface area contributed by atoms with Gasteiger partial charge in [0.25, 0.3) is 5.91 Å². The summed E-state index contributed by atoms with van der Waals surface area (Å²) in [6.45, 7) is 1.82. The number of hydrogen-bond donors (Lipinski definition) is 4. The first-order valence-electron chi connectivity index (χ1n) is 11.9. The maximum absolute atomic E-state index is 11.9. The molecule has 0 saturated heterocycles. The molecule has 1 aromatic rings. The van der Waals surface area contributed by atoms with Crippen molar-refractivity contribution >= 4 is 17.7 Å². The van der Waals surface area contributed by atoms with Crippen molar-refractivity contribution in [2.75, 3.05) is 10.6 Å². The van der Waals surface area contributed by atoms with Crippen molar-refractivity contribution in [1.29, 1.82) is 0 Å². The van der Waals surface area contributed by atoms with Crippen molar-refractivity contribution in [3.8, 4) is 0 Å². The Hall–Kier alpha value is -1.89. The molecule has 1 saturated carbocycles. The Morgan fingerprint density at radius 3 is 2.96 bits per heavy atom. The van der Waals surface area contributed by atoms with Crippen LogP contribution in [0.5, 0.6) is 0 Å². The summed E-state index contributed by atoms with van der Waals surface area (Å²) in [4.78, 5) is 19.8. The summed E-state index contributed by atoms with van der Waals surface area (Å²) in [5.41, 5.74) is 4.30. The maximum atomic E-state index is 11.9. The molecule has 0 radical (unpaired) electrons. The summed E-state index contributed by atoms with van der Waals surface area (Å²) in [6.07, 6.45) is -11.1. The highest BCUT2D eigenvalue weighted by atomic mass is 16.3. The number of anilines is 2. The number of aliphatic hydroxyl groups is 1. The van der Waals surface area contributed by atoms with E-state index in [1.807, 2.05) is 0 Å². The molecule has 23 heavy (non-hydrogen) atoms. The summed E-state index contributed by atoms with van der Waals surface area (Å²) in [5.74, 6) is -5.09. The van der Waals surface area contributed by atoms with E-state index in [9.17, 15) is 9.90 Å². The number of nitrogens with one attached hydrogen (secondary N) is 2. The number of aromatic nitrogens is 2. The van der Waals surface area contributed by atoms with Crippen LogP contribution in [0.15, 0.2) is 6.20 Å². The first kappa shape index (κ1) is 8.28. The SMILES string of the molecule is [2H]C([2H])([2H])C1([2H])CC([2H])([2H])C([2H])(Nc2nc(NC(C)(C)C)ncc2C(N)=O)C([2H])([2H])C1([2H])O. The Bertz CT molecular complexity index is 949. The van der Waals surface area contributed by atoms with Crippen LogP contribution in [0, 0.1) is 5.89 Å². The van der Waals surface area contributed by atoms with Gasteiger partial charge in [-0.05, 0) is 45.8 Å². The molecule has 7 nitrogen and oxygen atoms in total. The van der Waals surface area contributed by atoms with Crippen molar-refractivity contribution in [2.45, 2.75) is 64.4 Å². The monoisotopic (exact) mass is 331 g/mol. The molecule has 1 aliphatic rings. The van der Waals surface area contributed by atoms with Crippen molar-refractivity contribution in [3.05, 3.63) is 11.8 Å². The van der Waals surface area contributed by atoms with Gasteiger partial charge in [-0.25, -0.2) is 4.98 Å². The first-order chi connectivity index (χ1) is 14.4. The topological polar surface area (TPSA) is 113 Å². The molecular formula is C16H27N5O2. The molecule has 5 N–H and O–H groups in total. The van der Waals surface area contributed by atoms with Crippen LogP contribution in [-0.2, 0) is 0 Å². The number of nitrogens with zero attached hydrogens (tertiary/aromatic N) is 2. The second-order valence-corrected chi connectivity index (χ2v) is 6.00. The number of nitrogens with two attached hydrogens (primary N) is 1. The Labute approximate surface area is 151 Å². The number of carbonyl (C=O) groups excluding carboxylic acids is 1. The summed E-state index contributed by atoms with van der Waals surface area (Å²) >= 11 is 0. The minimum absolute atomic E-state index is 0.0889. The average molecular weight is 331 g/mol. The third-order valence-electron chi connectivity index (χ3n) is 2.76. The van der Waals surface area contributed by atoms with Crippen molar-refractivity contribution in [2.24, 2.45) is 11.6 Å². The standard InChI is InChI=1S/C16H27N5O2/c1-9-5-6-10(7-12(9)22)19-14-11(13(17)23)8-18-15(20-14)21-16(2,3)4/h8-10,12,22H,5-7H2,1-4H3,(H2,17,23)(H2,18,19,20,21)/i1D3,6D2,7D2,9D,10D,12D. The zero-order valence-electron chi connectivity index (χ0n) is 23.1. The largest absolute Gasteiger partial charge is 0.393 e. The third-order valence-corrected chi connectivity index (χ3v) is 2.76. The van der Waals surface area contributed by atoms with E-state index in [1.54, 1.807) is 20.8 Å². The van der Waals surface area contributed by atoms with Gasteiger partial charge in [0.05, 0.1) is 14.4 Å². The molecule has 3 atom stereocenters. The minimum Gasteiger partial charge on any atom is -0.393 e. The van der Waals surface area contributed by atoms with E-state index in [0.717, 1.165) is 6.20 Å². The van der Waals surface area contributed by atoms with E-state index in [2.05, 4.69) is 20.6 Å². The predicted molar refractivity (Wildman–Crippen MR) is 90.4 cm³/mol. The molecule has 3 unspecified atom stereocenters. The normalized spacial score (nSPS) is 45.9. The van der Waals surface area contributed by atoms with E-state index in [1.165, 1.54) is 0 Å². The molecule has 1 amide bonds. The van der Waals surface area contributed by atoms with E-state index in [4.69, 9.17) is 19.4 Å². The lowest BCUT2D eigenvalue weighted by Crippen LogP contribution is -2.36. The molecule has 1 aliphatic carbocycles. The summed E-state index contributed by atoms with van der Waals surface area (Å²) in [7, 11) is 0. The lowest BCUT2D eigenvalue weighted by Gasteiger charge is -2.32. The molecule has 1 aromatic heterocycles. The van der Waals surface area contributed by atoms with Gasteiger partial charge in [-0.3, -0.25) is 4.79 Å². The zero-order valence-corrected chi connectivity index (χ0v) is 13.1. The van der Waals surface area contributed by atoms with Crippen LogP contribution < -0.4 is 16.4 Å². The van der Waals surface area contributed by atoms with Gasteiger partial charge >= 0.3 is 0 Å². The molecular weight excluding hydrogens is 294 g/mol. The Kier molecular flexibility index (Phi) is 2.41. The second-order valence-electron chi connectivity index (χ2n) is 6.00. The number of rotatable bonds is 4. The fourth-order valence-electron chi connectivity index (χ4n) is 1.75. The van der Waals surface area contributed by atoms with Gasteiger partial charge in [-0.15, -0.1) is 0 Å². The van der Waals surface area contributed by atoms with E-state index < -0.39 is 66.8 Å². The van der Waals surface area contributed by atoms with Crippen LogP contribution in [0.1, 0.15) is 70.9 Å². The number of amides is 1. The molecule has 7 heteroatoms. The quantitative estimate of drug-likeness (QED) is 0.668. The number of hydrogen-bond acceptors (Lipinski definition) is 6. The Morgan fingerprint density at radius 1 is 1.61 bits per heavy atom. The van der Waals surface area contributed by atoms with Crippen LogP contribution in [0.25, 0.3) is 0 Å². The number of primary amides is 1. The fraction of sp³-hybridized carbons (Fsp3) is 0.688. The van der Waals surface area contributed by atoms with E-state index >= 15 is 0 Å². The van der Waals surface area contributed by atoms with Crippen molar-refractivity contribution in [3.63, 3.8) is 0 Å². The molecule has 0 aromatic carbocycles. The molecule has 1 heterocycles. The molecule has 128 valence electrons. The molecule has 1 fully saturated rings. The van der Waals surface area contributed by atoms with Crippen LogP contribution in [0.3, 0.4) is 0 Å². The Morgan fingerprint density at radius 2 is 2.35 bits per heavy atom. The zero-order chi connectivity index (χ0) is 26.1. The van der Waals surface area contributed by atoms with Gasteiger partial charge in [-0.1, -0.05) is 6.85 Å². The summed E-state index contributed by atoms with van der Waals surface area (Å²) in [6, 6.07) is -3.29. The van der Waals surface area contributed by atoms with Crippen LogP contribution >= 0.6 is 0 Å². The van der Waals surface area contributed by atoms with Crippen LogP contribution in [-0.4, -0.2) is 38.6 Å². The van der Waals surface area contributed by atoms with E-state index in [0.29, 0.717) is 0 Å². The van der Waals surface area contributed by atoms with E-state index in [-0.39, 0.29) is 5.95 Å². The number of carbonyl (C=O) groups is 1. The minimum atomic E-state index is -3.78. The van der Waals surface area contributed by atoms with Gasteiger partial charge in [0.1, 0.15) is 5.82 Å². The molecule has 0 spiro atoms. The van der Waals surface area contributed by atoms with Gasteiger partial charge in [-0.2, -0.15) is 4.98 Å². The second kappa shape index (κ2) is 6.70. The first-order valence-corrected chi connectivity index (χ1v) is 6.89. The van der Waals surface area contributed by atoms with Gasteiger partial charge < -0.3 is 21.5 Å². The molecule has 2 rings (SSSR count). The van der Waals surface area contributed by atoms with Gasteiger partial charge in [0.15, 0.2) is 0 Å². The molecule has 0 aliphatic heterocycles. The van der Waals surface area contributed by atoms with Gasteiger partial charge in [0.2, 0.25) is 5.95 Å². The highest BCUT2D eigenvalue weighted by Crippen LogP contribution is 2.27. The summed E-state index contributed by atoms with van der Waals surface area (Å²) < 4.78 is 80.8. The summed E-state index contributed by atoms with van der Waals surface area (Å²) in [5, 5.41) is 15.7. The molecule has 0 bridgehead atoms. The van der Waals surface area contributed by atoms with Gasteiger partial charge in [0, 0.05) is 28.7 Å². The smallest absolute Gasteiger partial charge is 0.254 e. The highest BCUT2D eigenvalue weighted by molar-refractivity contribution is 5.97. The van der Waals surface area contributed by atoms with Crippen molar-refractivity contribution < 1.29 is 23.6 Å². The average Bonchev–Trinajstić information content (AvgIpc) is 2.57. The Balaban J connectivity index is 2.72. The fourth-order valence-corrected chi connectivity index (χ4v) is 1.75. The lowest BCUT2D eigenvalue weighted by molar-refractivity contribution is 0.0739. The van der Waals surface area contributed by atoms with Crippen LogP contribution in [0.2, 0.25) is 0 Å². The predicted octanol–water partition coefficient (Wildman–Crippen LogP) is 1.75. The third kappa shape index (κ3) is 4.79. The lowest BCUT2D eigenvalue weighted by atomic mass is 9.85. The highest BCUT2D eigenvalue weighted by Gasteiger charge is 2.27. The van der Waals surface area contributed by atoms with Crippen LogP contribution in [0.4, 0.5) is 11.8 Å².